The Morgan fingerprint density at radius 2 is 1.92 bits per heavy atom. The van der Waals surface area contributed by atoms with Gasteiger partial charge >= 0.3 is 0 Å². The molecule has 0 bridgehead atoms. The van der Waals surface area contributed by atoms with E-state index in [0.29, 0.717) is 5.57 Å². The molecular formula is C21H26N4O. The number of rotatable bonds is 6. The lowest BCUT2D eigenvalue weighted by molar-refractivity contribution is -0.110. The number of anilines is 3. The van der Waals surface area contributed by atoms with Crippen LogP contribution in [0.4, 0.5) is 17.1 Å². The molecule has 1 amide bonds. The zero-order valence-corrected chi connectivity index (χ0v) is 15.8. The number of aryl methyl sites for hydroxylation is 2. The van der Waals surface area contributed by atoms with Crippen LogP contribution in [-0.2, 0) is 4.79 Å². The van der Waals surface area contributed by atoms with Crippen molar-refractivity contribution < 1.29 is 4.79 Å². The van der Waals surface area contributed by atoms with Crippen LogP contribution in [0.25, 0.3) is 5.57 Å². The second kappa shape index (κ2) is 7.62. The summed E-state index contributed by atoms with van der Waals surface area (Å²) in [7, 11) is 4.13. The number of hydrogen-bond acceptors (Lipinski definition) is 4. The third kappa shape index (κ3) is 3.89. The van der Waals surface area contributed by atoms with E-state index in [-0.39, 0.29) is 5.91 Å². The number of carbonyl (C=O) groups is 1. The first-order valence-electron chi connectivity index (χ1n) is 8.83. The van der Waals surface area contributed by atoms with Gasteiger partial charge in [0.15, 0.2) is 0 Å². The van der Waals surface area contributed by atoms with Crippen molar-refractivity contribution in [2.75, 3.05) is 43.1 Å². The Kier molecular flexibility index (Phi) is 5.28. The van der Waals surface area contributed by atoms with E-state index in [4.69, 9.17) is 0 Å². The van der Waals surface area contributed by atoms with Crippen molar-refractivity contribution in [3.8, 4) is 0 Å². The standard InChI is InChI=1S/C21H26N4O/c1-14-6-5-7-19-20(14)17(21(26)24-19)13-23-16-8-9-18(15(2)12-16)22-10-11-25(3)4/h5-9,12-13,22-23H,10-11H2,1-4H3,(H,24,26)/b17-13+. The third-order valence-electron chi connectivity index (χ3n) is 4.52. The van der Waals surface area contributed by atoms with Gasteiger partial charge in [-0.25, -0.2) is 0 Å². The van der Waals surface area contributed by atoms with Crippen molar-refractivity contribution in [3.05, 3.63) is 59.3 Å². The van der Waals surface area contributed by atoms with Crippen LogP contribution >= 0.6 is 0 Å². The summed E-state index contributed by atoms with van der Waals surface area (Å²) in [6.45, 7) is 5.99. The van der Waals surface area contributed by atoms with Crippen LogP contribution in [0.5, 0.6) is 0 Å². The van der Waals surface area contributed by atoms with E-state index in [1.807, 2.05) is 31.2 Å². The maximum absolute atomic E-state index is 12.3. The number of fused-ring (bicyclic) bond motifs is 1. The minimum atomic E-state index is -0.0690. The van der Waals surface area contributed by atoms with E-state index in [2.05, 4.69) is 54.0 Å². The molecule has 2 aromatic rings. The summed E-state index contributed by atoms with van der Waals surface area (Å²) < 4.78 is 0. The van der Waals surface area contributed by atoms with Crippen LogP contribution in [0.1, 0.15) is 16.7 Å². The van der Waals surface area contributed by atoms with Gasteiger partial charge < -0.3 is 20.9 Å². The van der Waals surface area contributed by atoms with Gasteiger partial charge in [-0.3, -0.25) is 4.79 Å². The molecule has 136 valence electrons. The summed E-state index contributed by atoms with van der Waals surface area (Å²) in [5.41, 5.74) is 6.87. The largest absolute Gasteiger partial charge is 0.384 e. The Labute approximate surface area is 155 Å². The fourth-order valence-corrected chi connectivity index (χ4v) is 3.09. The van der Waals surface area contributed by atoms with Crippen LogP contribution in [0.15, 0.2) is 42.6 Å². The average molecular weight is 350 g/mol. The number of likely N-dealkylation sites (N-methyl/N-ethyl adjacent to an activating group) is 1. The van der Waals surface area contributed by atoms with Gasteiger partial charge in [0.05, 0.1) is 5.57 Å². The van der Waals surface area contributed by atoms with Gasteiger partial charge in [-0.05, 0) is 63.3 Å². The summed E-state index contributed by atoms with van der Waals surface area (Å²) in [5, 5.41) is 9.63. The summed E-state index contributed by atoms with van der Waals surface area (Å²) in [6, 6.07) is 12.1. The first-order chi connectivity index (χ1) is 12.5. The molecule has 0 spiro atoms. The molecule has 0 aliphatic carbocycles. The van der Waals surface area contributed by atoms with Crippen LogP contribution in [0.2, 0.25) is 0 Å². The predicted octanol–water partition coefficient (Wildman–Crippen LogP) is 3.68. The van der Waals surface area contributed by atoms with E-state index in [0.717, 1.165) is 41.3 Å². The van der Waals surface area contributed by atoms with Crippen LogP contribution in [0.3, 0.4) is 0 Å². The molecule has 3 rings (SSSR count). The topological polar surface area (TPSA) is 56.4 Å². The fourth-order valence-electron chi connectivity index (χ4n) is 3.09. The van der Waals surface area contributed by atoms with Gasteiger partial charge in [-0.1, -0.05) is 12.1 Å². The Hall–Kier alpha value is -2.79. The predicted molar refractivity (Wildman–Crippen MR) is 110 cm³/mol. The molecular weight excluding hydrogens is 324 g/mol. The highest BCUT2D eigenvalue weighted by Crippen LogP contribution is 2.34. The molecule has 3 N–H and O–H groups in total. The normalized spacial score (nSPS) is 14.5. The number of carbonyl (C=O) groups excluding carboxylic acids is 1. The number of benzene rings is 2. The fraction of sp³-hybridized carbons (Fsp3) is 0.286. The quantitative estimate of drug-likeness (QED) is 0.696. The second-order valence-corrected chi connectivity index (χ2v) is 6.91. The monoisotopic (exact) mass is 350 g/mol. The van der Waals surface area contributed by atoms with E-state index in [9.17, 15) is 4.79 Å². The molecule has 1 aliphatic rings. The van der Waals surface area contributed by atoms with Crippen molar-refractivity contribution in [2.24, 2.45) is 0 Å². The smallest absolute Gasteiger partial charge is 0.257 e. The summed E-state index contributed by atoms with van der Waals surface area (Å²) in [6.07, 6.45) is 1.79. The van der Waals surface area contributed by atoms with Crippen molar-refractivity contribution in [3.63, 3.8) is 0 Å². The van der Waals surface area contributed by atoms with E-state index in [1.165, 1.54) is 5.56 Å². The summed E-state index contributed by atoms with van der Waals surface area (Å²) in [4.78, 5) is 14.4. The molecule has 2 aromatic carbocycles. The van der Waals surface area contributed by atoms with Crippen molar-refractivity contribution in [1.82, 2.24) is 4.90 Å². The Morgan fingerprint density at radius 3 is 2.65 bits per heavy atom. The molecule has 0 atom stereocenters. The third-order valence-corrected chi connectivity index (χ3v) is 4.52. The molecule has 0 aromatic heterocycles. The molecule has 26 heavy (non-hydrogen) atoms. The van der Waals surface area contributed by atoms with Gasteiger partial charge in [-0.2, -0.15) is 0 Å². The molecule has 0 radical (unpaired) electrons. The van der Waals surface area contributed by atoms with E-state index < -0.39 is 0 Å². The molecule has 5 nitrogen and oxygen atoms in total. The van der Waals surface area contributed by atoms with Gasteiger partial charge in [0.2, 0.25) is 0 Å². The molecule has 0 fully saturated rings. The Balaban J connectivity index is 1.73. The second-order valence-electron chi connectivity index (χ2n) is 6.91. The minimum Gasteiger partial charge on any atom is -0.384 e. The van der Waals surface area contributed by atoms with E-state index in [1.54, 1.807) is 6.20 Å². The lowest BCUT2D eigenvalue weighted by Gasteiger charge is -2.14. The van der Waals surface area contributed by atoms with Crippen LogP contribution < -0.4 is 16.0 Å². The Bertz CT molecular complexity index is 855. The van der Waals surface area contributed by atoms with Crippen LogP contribution in [0, 0.1) is 13.8 Å². The number of hydrogen-bond donors (Lipinski definition) is 3. The first-order valence-corrected chi connectivity index (χ1v) is 8.83. The Morgan fingerprint density at radius 1 is 1.12 bits per heavy atom. The van der Waals surface area contributed by atoms with Crippen molar-refractivity contribution in [2.45, 2.75) is 13.8 Å². The molecule has 0 saturated heterocycles. The van der Waals surface area contributed by atoms with E-state index >= 15 is 0 Å². The zero-order chi connectivity index (χ0) is 18.7. The first kappa shape index (κ1) is 18.0. The number of amides is 1. The van der Waals surface area contributed by atoms with Gasteiger partial charge in [-0.15, -0.1) is 0 Å². The van der Waals surface area contributed by atoms with Crippen molar-refractivity contribution >= 4 is 28.5 Å². The van der Waals surface area contributed by atoms with Crippen molar-refractivity contribution in [1.29, 1.82) is 0 Å². The molecule has 5 heteroatoms. The maximum Gasteiger partial charge on any atom is 0.257 e. The lowest BCUT2D eigenvalue weighted by Crippen LogP contribution is -2.21. The highest BCUT2D eigenvalue weighted by atomic mass is 16.2. The summed E-state index contributed by atoms with van der Waals surface area (Å²) >= 11 is 0. The average Bonchev–Trinajstić information content (AvgIpc) is 2.91. The SMILES string of the molecule is Cc1cc(N/C=C2/C(=O)Nc3cccc(C)c32)ccc1NCCN(C)C. The number of nitrogens with zero attached hydrogens (tertiary/aromatic N) is 1. The van der Waals surface area contributed by atoms with Gasteiger partial charge in [0.25, 0.3) is 5.91 Å². The molecule has 1 aliphatic heterocycles. The van der Waals surface area contributed by atoms with Crippen LogP contribution in [-0.4, -0.2) is 38.0 Å². The maximum atomic E-state index is 12.3. The highest BCUT2D eigenvalue weighted by molar-refractivity contribution is 6.32. The zero-order valence-electron chi connectivity index (χ0n) is 15.8. The molecule has 0 saturated carbocycles. The minimum absolute atomic E-state index is 0.0690. The number of nitrogens with one attached hydrogen (secondary N) is 3. The molecule has 0 unspecified atom stereocenters. The summed E-state index contributed by atoms with van der Waals surface area (Å²) in [5.74, 6) is -0.0690. The van der Waals surface area contributed by atoms with Gasteiger partial charge in [0, 0.05) is 41.9 Å². The molecule has 1 heterocycles. The highest BCUT2D eigenvalue weighted by Gasteiger charge is 2.25. The lowest BCUT2D eigenvalue weighted by atomic mass is 10.0. The van der Waals surface area contributed by atoms with Gasteiger partial charge in [0.1, 0.15) is 0 Å².